The van der Waals surface area contributed by atoms with Crippen molar-refractivity contribution in [1.82, 2.24) is 20.2 Å². The van der Waals surface area contributed by atoms with Crippen LogP contribution in [0.4, 0.5) is 0 Å². The van der Waals surface area contributed by atoms with E-state index in [0.717, 1.165) is 37.8 Å². The number of ether oxygens (including phenoxy) is 1. The fraction of sp³-hybridized carbons (Fsp3) is 0.444. The van der Waals surface area contributed by atoms with Gasteiger partial charge >= 0.3 is 0 Å². The van der Waals surface area contributed by atoms with E-state index in [1.165, 1.54) is 5.56 Å². The van der Waals surface area contributed by atoms with Gasteiger partial charge in [0.2, 0.25) is 0 Å². The van der Waals surface area contributed by atoms with Crippen LogP contribution < -0.4 is 10.6 Å². The van der Waals surface area contributed by atoms with E-state index in [1.54, 1.807) is 7.11 Å². The fourth-order valence-electron chi connectivity index (χ4n) is 2.38. The third-order valence-electron chi connectivity index (χ3n) is 3.55. The molecule has 6 nitrogen and oxygen atoms in total. The Morgan fingerprint density at radius 2 is 2.04 bits per heavy atom. The zero-order chi connectivity index (χ0) is 17.0. The zero-order valence-corrected chi connectivity index (χ0v) is 17.3. The number of benzene rings is 1. The molecular formula is C18H28IN5O. The number of hydrogen-bond acceptors (Lipinski definition) is 3. The van der Waals surface area contributed by atoms with Crippen LogP contribution >= 0.6 is 24.0 Å². The minimum Gasteiger partial charge on any atom is -0.383 e. The van der Waals surface area contributed by atoms with Gasteiger partial charge in [0, 0.05) is 45.6 Å². The van der Waals surface area contributed by atoms with Gasteiger partial charge in [0.15, 0.2) is 5.96 Å². The molecule has 0 fully saturated rings. The lowest BCUT2D eigenvalue weighted by molar-refractivity contribution is 0.208. The van der Waals surface area contributed by atoms with Gasteiger partial charge in [0.1, 0.15) is 5.82 Å². The van der Waals surface area contributed by atoms with E-state index in [0.29, 0.717) is 13.2 Å². The molecule has 2 aromatic rings. The largest absolute Gasteiger partial charge is 0.383 e. The van der Waals surface area contributed by atoms with E-state index in [2.05, 4.69) is 56.4 Å². The summed E-state index contributed by atoms with van der Waals surface area (Å²) >= 11 is 0. The van der Waals surface area contributed by atoms with Gasteiger partial charge in [0.25, 0.3) is 0 Å². The number of aromatic nitrogens is 2. The molecule has 1 aromatic carbocycles. The molecule has 0 saturated heterocycles. The summed E-state index contributed by atoms with van der Waals surface area (Å²) in [6, 6.07) is 10.4. The van der Waals surface area contributed by atoms with Crippen LogP contribution in [0.3, 0.4) is 0 Å². The minimum atomic E-state index is 0. The van der Waals surface area contributed by atoms with Crippen LogP contribution in [0, 0.1) is 0 Å². The maximum Gasteiger partial charge on any atom is 0.191 e. The molecule has 1 aromatic heterocycles. The first-order chi connectivity index (χ1) is 11.8. The molecule has 2 rings (SSSR count). The van der Waals surface area contributed by atoms with Crippen LogP contribution in [0.5, 0.6) is 0 Å². The number of aliphatic imine (C=N–C) groups is 1. The Labute approximate surface area is 167 Å². The highest BCUT2D eigenvalue weighted by atomic mass is 127. The maximum atomic E-state index is 5.03. The monoisotopic (exact) mass is 457 g/mol. The molecule has 0 radical (unpaired) electrons. The van der Waals surface area contributed by atoms with Crippen LogP contribution in [-0.2, 0) is 17.7 Å². The van der Waals surface area contributed by atoms with Gasteiger partial charge in [-0.3, -0.25) is 4.99 Å². The van der Waals surface area contributed by atoms with E-state index >= 15 is 0 Å². The second-order valence-electron chi connectivity index (χ2n) is 5.39. The number of guanidine groups is 1. The molecule has 25 heavy (non-hydrogen) atoms. The number of imidazole rings is 1. The Morgan fingerprint density at radius 1 is 1.24 bits per heavy atom. The van der Waals surface area contributed by atoms with Crippen molar-refractivity contribution in [2.24, 2.45) is 4.99 Å². The van der Waals surface area contributed by atoms with Crippen molar-refractivity contribution in [1.29, 1.82) is 0 Å². The van der Waals surface area contributed by atoms with Gasteiger partial charge in [-0.15, -0.1) is 24.0 Å². The smallest absolute Gasteiger partial charge is 0.191 e. The lowest BCUT2D eigenvalue weighted by atomic mass is 10.2. The van der Waals surface area contributed by atoms with E-state index in [-0.39, 0.29) is 24.0 Å². The standard InChI is InChI=1S/C18H27N5O.HI/c1-3-19-18(22-12-14-24-2)21-10-9-17-20-11-13-23(17)15-16-7-5-4-6-8-16;/h4-8,11,13H,3,9-10,12,14-15H2,1-2H3,(H2,19,21,22);1H. The third-order valence-corrected chi connectivity index (χ3v) is 3.55. The second-order valence-corrected chi connectivity index (χ2v) is 5.39. The number of hydrogen-bond donors (Lipinski definition) is 2. The van der Waals surface area contributed by atoms with Crippen LogP contribution in [-0.4, -0.2) is 48.9 Å². The van der Waals surface area contributed by atoms with Crippen molar-refractivity contribution in [3.8, 4) is 0 Å². The summed E-state index contributed by atoms with van der Waals surface area (Å²) in [7, 11) is 1.68. The predicted octanol–water partition coefficient (Wildman–Crippen LogP) is 2.29. The molecule has 2 N–H and O–H groups in total. The summed E-state index contributed by atoms with van der Waals surface area (Å²) in [5.41, 5.74) is 1.28. The van der Waals surface area contributed by atoms with Crippen molar-refractivity contribution in [3.05, 3.63) is 54.1 Å². The normalized spacial score (nSPS) is 11.0. The third kappa shape index (κ3) is 7.87. The first kappa shape index (κ1) is 21.4. The first-order valence-electron chi connectivity index (χ1n) is 8.38. The molecule has 138 valence electrons. The highest BCUT2D eigenvalue weighted by molar-refractivity contribution is 14.0. The quantitative estimate of drug-likeness (QED) is 0.263. The number of nitrogens with zero attached hydrogens (tertiary/aromatic N) is 3. The van der Waals surface area contributed by atoms with E-state index in [4.69, 9.17) is 4.74 Å². The van der Waals surface area contributed by atoms with Crippen LogP contribution in [0.15, 0.2) is 47.7 Å². The Morgan fingerprint density at radius 3 is 2.76 bits per heavy atom. The van der Waals surface area contributed by atoms with Crippen LogP contribution in [0.25, 0.3) is 0 Å². The topological polar surface area (TPSA) is 63.5 Å². The van der Waals surface area contributed by atoms with Gasteiger partial charge in [0.05, 0.1) is 13.2 Å². The maximum absolute atomic E-state index is 5.03. The molecule has 1 heterocycles. The number of halogens is 1. The van der Waals surface area contributed by atoms with Crippen molar-refractivity contribution in [3.63, 3.8) is 0 Å². The van der Waals surface area contributed by atoms with Gasteiger partial charge in [-0.1, -0.05) is 30.3 Å². The highest BCUT2D eigenvalue weighted by Crippen LogP contribution is 2.05. The lowest BCUT2D eigenvalue weighted by Crippen LogP contribution is -2.38. The molecule has 0 unspecified atom stereocenters. The van der Waals surface area contributed by atoms with Crippen LogP contribution in [0.2, 0.25) is 0 Å². The second kappa shape index (κ2) is 12.7. The molecule has 0 atom stereocenters. The van der Waals surface area contributed by atoms with Gasteiger partial charge in [-0.2, -0.15) is 0 Å². The zero-order valence-electron chi connectivity index (χ0n) is 14.9. The average molecular weight is 457 g/mol. The number of methoxy groups -OCH3 is 1. The average Bonchev–Trinajstić information content (AvgIpc) is 3.03. The molecule has 0 aliphatic heterocycles. The molecule has 7 heteroatoms. The van der Waals surface area contributed by atoms with Crippen LogP contribution in [0.1, 0.15) is 18.3 Å². The summed E-state index contributed by atoms with van der Waals surface area (Å²) < 4.78 is 7.22. The van der Waals surface area contributed by atoms with Crippen molar-refractivity contribution >= 4 is 29.9 Å². The summed E-state index contributed by atoms with van der Waals surface area (Å²) in [5, 5.41) is 6.57. The lowest BCUT2D eigenvalue weighted by Gasteiger charge is -2.12. The van der Waals surface area contributed by atoms with Crippen molar-refractivity contribution < 1.29 is 4.74 Å². The Bertz CT molecular complexity index is 615. The Balaban J connectivity index is 0.00000312. The van der Waals surface area contributed by atoms with Crippen molar-refractivity contribution in [2.75, 3.05) is 33.4 Å². The molecule has 0 spiro atoms. The molecule has 0 saturated carbocycles. The first-order valence-corrected chi connectivity index (χ1v) is 8.38. The summed E-state index contributed by atoms with van der Waals surface area (Å²) in [6.45, 7) is 5.79. The van der Waals surface area contributed by atoms with Crippen molar-refractivity contribution in [2.45, 2.75) is 19.9 Å². The predicted molar refractivity (Wildman–Crippen MR) is 113 cm³/mol. The highest BCUT2D eigenvalue weighted by Gasteiger charge is 2.04. The molecular weight excluding hydrogens is 429 g/mol. The fourth-order valence-corrected chi connectivity index (χ4v) is 2.38. The summed E-state index contributed by atoms with van der Waals surface area (Å²) in [5.74, 6) is 1.88. The molecule has 0 aliphatic carbocycles. The van der Waals surface area contributed by atoms with Gasteiger partial charge in [-0.05, 0) is 12.5 Å². The van der Waals surface area contributed by atoms with Gasteiger partial charge < -0.3 is 19.9 Å². The summed E-state index contributed by atoms with van der Waals surface area (Å²) in [6.07, 6.45) is 4.73. The summed E-state index contributed by atoms with van der Waals surface area (Å²) in [4.78, 5) is 8.93. The number of nitrogens with one attached hydrogen (secondary N) is 2. The Kier molecular flexibility index (Phi) is 10.9. The van der Waals surface area contributed by atoms with E-state index in [9.17, 15) is 0 Å². The SMILES string of the molecule is CCNC(=NCCOC)NCCc1nccn1Cc1ccccc1.I. The minimum absolute atomic E-state index is 0. The molecule has 0 bridgehead atoms. The Hall–Kier alpha value is -1.61. The van der Waals surface area contributed by atoms with E-state index < -0.39 is 0 Å². The number of rotatable bonds is 9. The van der Waals surface area contributed by atoms with Gasteiger partial charge in [-0.25, -0.2) is 4.98 Å². The van der Waals surface area contributed by atoms with E-state index in [1.807, 2.05) is 18.5 Å². The molecule has 0 aliphatic rings. The molecule has 0 amide bonds.